The lowest BCUT2D eigenvalue weighted by Crippen LogP contribution is -2.31. The summed E-state index contributed by atoms with van der Waals surface area (Å²) in [7, 11) is -1.48. The van der Waals surface area contributed by atoms with Crippen LogP contribution >= 0.6 is 11.3 Å². The second-order valence-corrected chi connectivity index (χ2v) is 8.86. The summed E-state index contributed by atoms with van der Waals surface area (Å²) in [6.45, 7) is 3.53. The van der Waals surface area contributed by atoms with Crippen LogP contribution in [0, 0.1) is 11.8 Å². The SMILES string of the molecule is CCC1CCC(CNS(=O)(=O)c2cc(CNC)cs2)CC1. The second kappa shape index (κ2) is 7.72. The smallest absolute Gasteiger partial charge is 0.250 e. The maximum atomic E-state index is 12.3. The van der Waals surface area contributed by atoms with Gasteiger partial charge < -0.3 is 5.32 Å². The van der Waals surface area contributed by atoms with Crippen molar-refractivity contribution < 1.29 is 8.42 Å². The number of hydrogen-bond donors (Lipinski definition) is 2. The lowest BCUT2D eigenvalue weighted by molar-refractivity contribution is 0.270. The van der Waals surface area contributed by atoms with Gasteiger partial charge >= 0.3 is 0 Å². The molecule has 21 heavy (non-hydrogen) atoms. The minimum Gasteiger partial charge on any atom is -0.316 e. The molecule has 2 rings (SSSR count). The van der Waals surface area contributed by atoms with E-state index in [0.29, 0.717) is 23.2 Å². The average molecular weight is 331 g/mol. The molecule has 1 aliphatic rings. The van der Waals surface area contributed by atoms with Crippen molar-refractivity contribution in [1.82, 2.24) is 10.0 Å². The fraction of sp³-hybridized carbons (Fsp3) is 0.733. The summed E-state index contributed by atoms with van der Waals surface area (Å²) in [4.78, 5) is 0. The van der Waals surface area contributed by atoms with Crippen LogP contribution in [0.15, 0.2) is 15.7 Å². The second-order valence-electron chi connectivity index (χ2n) is 5.95. The van der Waals surface area contributed by atoms with E-state index in [1.165, 1.54) is 30.6 Å². The summed E-state index contributed by atoms with van der Waals surface area (Å²) in [6.07, 6.45) is 6.04. The van der Waals surface area contributed by atoms with Crippen LogP contribution in [0.4, 0.5) is 0 Å². The molecule has 120 valence electrons. The van der Waals surface area contributed by atoms with Crippen LogP contribution in [0.1, 0.15) is 44.6 Å². The predicted molar refractivity (Wildman–Crippen MR) is 88.0 cm³/mol. The van der Waals surface area contributed by atoms with E-state index in [1.807, 2.05) is 12.4 Å². The third kappa shape index (κ3) is 4.77. The van der Waals surface area contributed by atoms with Crippen molar-refractivity contribution in [1.29, 1.82) is 0 Å². The van der Waals surface area contributed by atoms with Crippen molar-refractivity contribution in [3.63, 3.8) is 0 Å². The van der Waals surface area contributed by atoms with E-state index in [1.54, 1.807) is 6.07 Å². The quantitative estimate of drug-likeness (QED) is 0.808. The van der Waals surface area contributed by atoms with Gasteiger partial charge in [0.1, 0.15) is 4.21 Å². The van der Waals surface area contributed by atoms with Crippen molar-refractivity contribution >= 4 is 21.4 Å². The van der Waals surface area contributed by atoms with E-state index in [2.05, 4.69) is 17.0 Å². The summed E-state index contributed by atoms with van der Waals surface area (Å²) in [5, 5.41) is 4.93. The zero-order valence-corrected chi connectivity index (χ0v) is 14.5. The monoisotopic (exact) mass is 330 g/mol. The lowest BCUT2D eigenvalue weighted by Gasteiger charge is -2.27. The maximum Gasteiger partial charge on any atom is 0.250 e. The summed E-state index contributed by atoms with van der Waals surface area (Å²) in [5.41, 5.74) is 1.02. The van der Waals surface area contributed by atoms with Gasteiger partial charge in [0.05, 0.1) is 0 Å². The van der Waals surface area contributed by atoms with E-state index in [0.717, 1.165) is 24.3 Å². The standard InChI is InChI=1S/C15H26N2O2S2/c1-3-12-4-6-13(7-5-12)10-17-21(18,19)15-8-14(9-16-2)11-20-15/h8,11-13,16-17H,3-7,9-10H2,1-2H3. The minimum atomic E-state index is -3.34. The first-order chi connectivity index (χ1) is 10.0. The third-order valence-corrected chi connectivity index (χ3v) is 7.29. The van der Waals surface area contributed by atoms with E-state index < -0.39 is 10.0 Å². The molecule has 1 aromatic rings. The van der Waals surface area contributed by atoms with Gasteiger partial charge in [-0.3, -0.25) is 0 Å². The Labute approximate surface area is 132 Å². The number of hydrogen-bond acceptors (Lipinski definition) is 4. The molecule has 1 saturated carbocycles. The third-order valence-electron chi connectivity index (χ3n) is 4.38. The first-order valence-electron chi connectivity index (χ1n) is 7.76. The van der Waals surface area contributed by atoms with Crippen molar-refractivity contribution in [2.24, 2.45) is 11.8 Å². The topological polar surface area (TPSA) is 58.2 Å². The van der Waals surface area contributed by atoms with Gasteiger partial charge in [0.2, 0.25) is 10.0 Å². The molecular weight excluding hydrogens is 304 g/mol. The molecule has 0 aliphatic heterocycles. The highest BCUT2D eigenvalue weighted by Gasteiger charge is 2.23. The van der Waals surface area contributed by atoms with Crippen LogP contribution in [-0.4, -0.2) is 22.0 Å². The highest BCUT2D eigenvalue weighted by molar-refractivity contribution is 7.91. The highest BCUT2D eigenvalue weighted by atomic mass is 32.2. The molecule has 0 atom stereocenters. The average Bonchev–Trinajstić information content (AvgIpc) is 2.96. The molecule has 0 radical (unpaired) electrons. The Morgan fingerprint density at radius 1 is 1.24 bits per heavy atom. The van der Waals surface area contributed by atoms with E-state index in [9.17, 15) is 8.42 Å². The molecule has 0 saturated heterocycles. The molecular formula is C15H26N2O2S2. The molecule has 6 heteroatoms. The molecule has 1 fully saturated rings. The van der Waals surface area contributed by atoms with Crippen LogP contribution < -0.4 is 10.0 Å². The molecule has 0 bridgehead atoms. The van der Waals surface area contributed by atoms with E-state index >= 15 is 0 Å². The summed E-state index contributed by atoms with van der Waals surface area (Å²) < 4.78 is 27.8. The molecule has 0 unspecified atom stereocenters. The summed E-state index contributed by atoms with van der Waals surface area (Å²) in [6, 6.07) is 1.76. The van der Waals surface area contributed by atoms with Crippen molar-refractivity contribution in [2.45, 2.75) is 49.8 Å². The Balaban J connectivity index is 1.86. The zero-order valence-electron chi connectivity index (χ0n) is 12.9. The number of sulfonamides is 1. The van der Waals surface area contributed by atoms with Gasteiger partial charge in [0, 0.05) is 13.1 Å². The molecule has 0 spiro atoms. The van der Waals surface area contributed by atoms with Crippen LogP contribution in [0.25, 0.3) is 0 Å². The minimum absolute atomic E-state index is 0.426. The molecule has 0 aromatic carbocycles. The highest BCUT2D eigenvalue weighted by Crippen LogP contribution is 2.30. The van der Waals surface area contributed by atoms with Crippen LogP contribution in [-0.2, 0) is 16.6 Å². The predicted octanol–water partition coefficient (Wildman–Crippen LogP) is 2.96. The van der Waals surface area contributed by atoms with Crippen LogP contribution in [0.2, 0.25) is 0 Å². The Hall–Kier alpha value is -0.430. The summed E-state index contributed by atoms with van der Waals surface area (Å²) in [5.74, 6) is 1.35. The van der Waals surface area contributed by atoms with Crippen LogP contribution in [0.5, 0.6) is 0 Å². The zero-order chi connectivity index (χ0) is 15.3. The van der Waals surface area contributed by atoms with Gasteiger partial charge in [-0.2, -0.15) is 0 Å². The molecule has 1 aromatic heterocycles. The lowest BCUT2D eigenvalue weighted by atomic mass is 9.81. The molecule has 2 N–H and O–H groups in total. The van der Waals surface area contributed by atoms with Gasteiger partial charge in [0.15, 0.2) is 0 Å². The van der Waals surface area contributed by atoms with Gasteiger partial charge in [-0.25, -0.2) is 13.1 Å². The maximum absolute atomic E-state index is 12.3. The Morgan fingerprint density at radius 2 is 1.90 bits per heavy atom. The first-order valence-corrected chi connectivity index (χ1v) is 10.1. The van der Waals surface area contributed by atoms with E-state index in [4.69, 9.17) is 0 Å². The number of thiophene rings is 1. The molecule has 0 amide bonds. The molecule has 4 nitrogen and oxygen atoms in total. The molecule has 1 heterocycles. The van der Waals surface area contributed by atoms with Gasteiger partial charge in [-0.05, 0) is 48.7 Å². The van der Waals surface area contributed by atoms with Gasteiger partial charge in [0.25, 0.3) is 0 Å². The van der Waals surface area contributed by atoms with Crippen molar-refractivity contribution in [3.05, 3.63) is 17.0 Å². The Bertz CT molecular complexity index is 532. The van der Waals surface area contributed by atoms with Crippen LogP contribution in [0.3, 0.4) is 0 Å². The van der Waals surface area contributed by atoms with Gasteiger partial charge in [-0.15, -0.1) is 11.3 Å². The summed E-state index contributed by atoms with van der Waals surface area (Å²) >= 11 is 1.30. The Kier molecular flexibility index (Phi) is 6.22. The Morgan fingerprint density at radius 3 is 2.52 bits per heavy atom. The van der Waals surface area contributed by atoms with Crippen molar-refractivity contribution in [3.8, 4) is 0 Å². The number of nitrogens with one attached hydrogen (secondary N) is 2. The van der Waals surface area contributed by atoms with E-state index in [-0.39, 0.29) is 0 Å². The van der Waals surface area contributed by atoms with Gasteiger partial charge in [-0.1, -0.05) is 26.2 Å². The number of rotatable bonds is 7. The fourth-order valence-corrected chi connectivity index (χ4v) is 5.30. The normalized spacial score (nSPS) is 23.3. The van der Waals surface area contributed by atoms with Crippen molar-refractivity contribution in [2.75, 3.05) is 13.6 Å². The first kappa shape index (κ1) is 16.9. The molecule has 1 aliphatic carbocycles. The largest absolute Gasteiger partial charge is 0.316 e. The fourth-order valence-electron chi connectivity index (χ4n) is 2.93.